The van der Waals surface area contributed by atoms with Gasteiger partial charge in [0.05, 0.1) is 12.7 Å². The highest BCUT2D eigenvalue weighted by Crippen LogP contribution is 2.21. The highest BCUT2D eigenvalue weighted by Gasteiger charge is 2.22. The number of rotatable bonds is 7. The van der Waals surface area contributed by atoms with Crippen LogP contribution in [0.3, 0.4) is 0 Å². The van der Waals surface area contributed by atoms with Crippen molar-refractivity contribution in [3.63, 3.8) is 0 Å². The summed E-state index contributed by atoms with van der Waals surface area (Å²) >= 11 is 0. The third kappa shape index (κ3) is 5.04. The van der Waals surface area contributed by atoms with E-state index in [1.807, 2.05) is 48.5 Å². The fraction of sp³-hybridized carbons (Fsp3) is 0.217. The summed E-state index contributed by atoms with van der Waals surface area (Å²) in [6.45, 7) is 3.42. The molecular weight excluding hydrogens is 400 g/mol. The molecule has 1 unspecified atom stereocenters. The molecular formula is C23H24N2O4S. The number of carbonyl (C=O) groups is 2. The molecule has 7 heteroatoms. The van der Waals surface area contributed by atoms with Crippen LogP contribution in [-0.2, 0) is 27.0 Å². The Kier molecular flexibility index (Phi) is 6.84. The summed E-state index contributed by atoms with van der Waals surface area (Å²) < 4.78 is 17.3. The number of anilines is 1. The van der Waals surface area contributed by atoms with E-state index in [1.54, 1.807) is 19.9 Å². The van der Waals surface area contributed by atoms with Crippen LogP contribution in [0.25, 0.3) is 0 Å². The molecule has 3 aromatic rings. The minimum absolute atomic E-state index is 0.311. The number of methoxy groups -OCH3 is 1. The number of nitrogens with one attached hydrogen (secondary N) is 2. The summed E-state index contributed by atoms with van der Waals surface area (Å²) in [5, 5.41) is 2.84. The van der Waals surface area contributed by atoms with E-state index in [1.165, 1.54) is 7.11 Å². The highest BCUT2D eigenvalue weighted by atomic mass is 32.2. The van der Waals surface area contributed by atoms with Crippen LogP contribution in [0.5, 0.6) is 0 Å². The van der Waals surface area contributed by atoms with E-state index in [9.17, 15) is 13.8 Å². The number of hydrogen-bond donors (Lipinski definition) is 2. The van der Waals surface area contributed by atoms with Gasteiger partial charge in [-0.25, -0.2) is 4.79 Å². The monoisotopic (exact) mass is 424 g/mol. The van der Waals surface area contributed by atoms with E-state index in [0.29, 0.717) is 39.7 Å². The van der Waals surface area contributed by atoms with Crippen LogP contribution in [0.2, 0.25) is 0 Å². The van der Waals surface area contributed by atoms with Crippen molar-refractivity contribution in [3.05, 3.63) is 88.2 Å². The first-order valence-corrected chi connectivity index (χ1v) is 10.9. The van der Waals surface area contributed by atoms with Crippen molar-refractivity contribution >= 4 is 28.4 Å². The van der Waals surface area contributed by atoms with Gasteiger partial charge < -0.3 is 15.0 Å². The maximum Gasteiger partial charge on any atom is 0.339 e. The van der Waals surface area contributed by atoms with Gasteiger partial charge in [0.2, 0.25) is 0 Å². The number of amides is 1. The van der Waals surface area contributed by atoms with Crippen molar-refractivity contribution < 1.29 is 18.5 Å². The molecule has 0 radical (unpaired) electrons. The highest BCUT2D eigenvalue weighted by molar-refractivity contribution is 7.83. The topological polar surface area (TPSA) is 88.3 Å². The Balaban J connectivity index is 1.70. The van der Waals surface area contributed by atoms with Crippen LogP contribution in [0.15, 0.2) is 54.6 Å². The third-order valence-corrected chi connectivity index (χ3v) is 6.05. The standard InChI is InChI=1S/C23H24N2O4S/c1-15-20(23(27)29-3)16(2)24-21(15)22(26)25-19-11-7-10-18(12-19)14-30(28)13-17-8-5-4-6-9-17/h4-12,24H,13-14H2,1-3H3,(H,25,26). The zero-order valence-electron chi connectivity index (χ0n) is 17.2. The first-order valence-electron chi connectivity index (χ1n) is 9.45. The molecule has 1 aromatic heterocycles. The Morgan fingerprint density at radius 1 is 1.00 bits per heavy atom. The molecule has 3 rings (SSSR count). The summed E-state index contributed by atoms with van der Waals surface area (Å²) in [5.74, 6) is 0.0388. The molecule has 0 aliphatic carbocycles. The van der Waals surface area contributed by atoms with Crippen molar-refractivity contribution in [2.75, 3.05) is 12.4 Å². The average molecular weight is 425 g/mol. The lowest BCUT2D eigenvalue weighted by Gasteiger charge is -2.08. The Labute approximate surface area is 178 Å². The Morgan fingerprint density at radius 2 is 1.67 bits per heavy atom. The number of aromatic amines is 1. The molecule has 0 spiro atoms. The first-order chi connectivity index (χ1) is 14.4. The van der Waals surface area contributed by atoms with E-state index in [2.05, 4.69) is 10.3 Å². The molecule has 0 aliphatic rings. The minimum Gasteiger partial charge on any atom is -0.465 e. The lowest BCUT2D eigenvalue weighted by molar-refractivity contribution is 0.0599. The van der Waals surface area contributed by atoms with Gasteiger partial charge in [0.15, 0.2) is 0 Å². The summed E-state index contributed by atoms with van der Waals surface area (Å²) in [6, 6.07) is 17.0. The summed E-state index contributed by atoms with van der Waals surface area (Å²) in [5.41, 5.74) is 4.29. The normalized spacial score (nSPS) is 11.7. The number of carbonyl (C=O) groups excluding carboxylic acids is 2. The van der Waals surface area contributed by atoms with Crippen LogP contribution in [0, 0.1) is 13.8 Å². The number of aromatic nitrogens is 1. The lowest BCUT2D eigenvalue weighted by atomic mass is 10.1. The fourth-order valence-electron chi connectivity index (χ4n) is 3.31. The van der Waals surface area contributed by atoms with Gasteiger partial charge in [-0.3, -0.25) is 9.00 Å². The number of esters is 1. The average Bonchev–Trinajstić information content (AvgIpc) is 3.02. The molecule has 0 saturated carbocycles. The van der Waals surface area contributed by atoms with E-state index >= 15 is 0 Å². The zero-order valence-corrected chi connectivity index (χ0v) is 18.0. The Morgan fingerprint density at radius 3 is 2.37 bits per heavy atom. The summed E-state index contributed by atoms with van der Waals surface area (Å²) in [7, 11) is 0.248. The summed E-state index contributed by atoms with van der Waals surface area (Å²) in [4.78, 5) is 27.6. The zero-order chi connectivity index (χ0) is 21.7. The molecule has 156 valence electrons. The van der Waals surface area contributed by atoms with Gasteiger partial charge in [0.1, 0.15) is 5.69 Å². The van der Waals surface area contributed by atoms with Gasteiger partial charge in [0, 0.05) is 33.7 Å². The molecule has 1 amide bonds. The van der Waals surface area contributed by atoms with Crippen molar-refractivity contribution in [2.45, 2.75) is 25.4 Å². The number of aryl methyl sites for hydroxylation is 1. The number of ether oxygens (including phenoxy) is 1. The molecule has 6 nitrogen and oxygen atoms in total. The number of H-pyrrole nitrogens is 1. The van der Waals surface area contributed by atoms with Crippen molar-refractivity contribution in [1.29, 1.82) is 0 Å². The molecule has 30 heavy (non-hydrogen) atoms. The molecule has 0 bridgehead atoms. The van der Waals surface area contributed by atoms with E-state index in [-0.39, 0.29) is 5.91 Å². The second kappa shape index (κ2) is 9.54. The van der Waals surface area contributed by atoms with Gasteiger partial charge >= 0.3 is 5.97 Å². The van der Waals surface area contributed by atoms with Crippen molar-refractivity contribution in [3.8, 4) is 0 Å². The molecule has 1 atom stereocenters. The lowest BCUT2D eigenvalue weighted by Crippen LogP contribution is -2.14. The maximum atomic E-state index is 12.7. The van der Waals surface area contributed by atoms with Crippen molar-refractivity contribution in [1.82, 2.24) is 4.98 Å². The van der Waals surface area contributed by atoms with Crippen LogP contribution < -0.4 is 5.32 Å². The van der Waals surface area contributed by atoms with E-state index in [4.69, 9.17) is 4.74 Å². The molecule has 0 fully saturated rings. The maximum absolute atomic E-state index is 12.7. The third-order valence-electron chi connectivity index (χ3n) is 4.74. The van der Waals surface area contributed by atoms with Gasteiger partial charge in [-0.15, -0.1) is 0 Å². The molecule has 2 N–H and O–H groups in total. The first kappa shape index (κ1) is 21.5. The van der Waals surface area contributed by atoms with Crippen LogP contribution in [-0.4, -0.2) is 28.2 Å². The smallest absolute Gasteiger partial charge is 0.339 e. The molecule has 2 aromatic carbocycles. The predicted molar refractivity (Wildman–Crippen MR) is 118 cm³/mol. The van der Waals surface area contributed by atoms with Gasteiger partial charge in [0.25, 0.3) is 5.91 Å². The molecule has 0 aliphatic heterocycles. The second-order valence-electron chi connectivity index (χ2n) is 6.99. The SMILES string of the molecule is COC(=O)c1c(C)[nH]c(C(=O)Nc2cccc(CS(=O)Cc3ccccc3)c2)c1C. The van der Waals surface area contributed by atoms with Crippen molar-refractivity contribution in [2.24, 2.45) is 0 Å². The van der Waals surface area contributed by atoms with Crippen LogP contribution in [0.1, 0.15) is 43.2 Å². The number of benzene rings is 2. The van der Waals surface area contributed by atoms with Gasteiger partial charge in [-0.1, -0.05) is 42.5 Å². The minimum atomic E-state index is -1.06. The largest absolute Gasteiger partial charge is 0.465 e. The van der Waals surface area contributed by atoms with E-state index in [0.717, 1.165) is 11.1 Å². The summed E-state index contributed by atoms with van der Waals surface area (Å²) in [6.07, 6.45) is 0. The van der Waals surface area contributed by atoms with E-state index < -0.39 is 16.8 Å². The Hall–Kier alpha value is -3.19. The second-order valence-corrected chi connectivity index (χ2v) is 8.44. The van der Waals surface area contributed by atoms with Gasteiger partial charge in [-0.05, 0) is 42.7 Å². The quantitative estimate of drug-likeness (QED) is 0.559. The number of hydrogen-bond acceptors (Lipinski definition) is 4. The molecule has 0 saturated heterocycles. The predicted octanol–water partition coefficient (Wildman–Crippen LogP) is 4.12. The van der Waals surface area contributed by atoms with Gasteiger partial charge in [-0.2, -0.15) is 0 Å². The fourth-order valence-corrected chi connectivity index (χ4v) is 4.53. The molecule has 1 heterocycles. The van der Waals surface area contributed by atoms with Crippen LogP contribution in [0.4, 0.5) is 5.69 Å². The van der Waals surface area contributed by atoms with Crippen LogP contribution >= 0.6 is 0 Å². The Bertz CT molecular complexity index is 1090.